The molecule has 4 nitrogen and oxygen atoms in total. The number of fused-ring (bicyclic) bond motifs is 1. The first-order valence-electron chi connectivity index (χ1n) is 5.49. The van der Waals surface area contributed by atoms with Crippen molar-refractivity contribution in [2.45, 2.75) is 6.92 Å². The van der Waals surface area contributed by atoms with E-state index in [1.165, 1.54) is 0 Å². The van der Waals surface area contributed by atoms with Crippen molar-refractivity contribution in [3.63, 3.8) is 0 Å². The standard InChI is InChI=1S/C13H15NO3/c1-9(13(15)16)7-14(2)11-8-17-12-6-4-3-5-10(11)12/h3-6,8-9H,7H2,1-2H3,(H,15,16). The number of furan rings is 1. The molecule has 1 unspecified atom stereocenters. The Hall–Kier alpha value is -1.97. The van der Waals surface area contributed by atoms with Gasteiger partial charge < -0.3 is 14.4 Å². The van der Waals surface area contributed by atoms with Gasteiger partial charge in [0.25, 0.3) is 0 Å². The van der Waals surface area contributed by atoms with Crippen molar-refractivity contribution in [2.75, 3.05) is 18.5 Å². The van der Waals surface area contributed by atoms with E-state index in [1.54, 1.807) is 13.2 Å². The Morgan fingerprint density at radius 3 is 2.88 bits per heavy atom. The third-order valence-corrected chi connectivity index (χ3v) is 2.84. The second kappa shape index (κ2) is 4.49. The van der Waals surface area contributed by atoms with Gasteiger partial charge in [0.05, 0.1) is 11.6 Å². The molecule has 0 aliphatic rings. The third kappa shape index (κ3) is 2.25. The SMILES string of the molecule is CC(CN(C)c1coc2ccccc12)C(=O)O. The summed E-state index contributed by atoms with van der Waals surface area (Å²) in [4.78, 5) is 12.7. The maximum Gasteiger partial charge on any atom is 0.308 e. The zero-order valence-electron chi connectivity index (χ0n) is 9.88. The monoisotopic (exact) mass is 233 g/mol. The van der Waals surface area contributed by atoms with Crippen LogP contribution in [0.2, 0.25) is 0 Å². The van der Waals surface area contributed by atoms with E-state index >= 15 is 0 Å². The summed E-state index contributed by atoms with van der Waals surface area (Å²) in [7, 11) is 1.87. The third-order valence-electron chi connectivity index (χ3n) is 2.84. The number of hydrogen-bond donors (Lipinski definition) is 1. The summed E-state index contributed by atoms with van der Waals surface area (Å²) in [6.45, 7) is 2.15. The van der Waals surface area contributed by atoms with Crippen LogP contribution in [0.3, 0.4) is 0 Å². The van der Waals surface area contributed by atoms with E-state index in [4.69, 9.17) is 9.52 Å². The summed E-state index contributed by atoms with van der Waals surface area (Å²) in [6.07, 6.45) is 1.67. The zero-order chi connectivity index (χ0) is 12.4. The molecule has 1 aromatic heterocycles. The molecular formula is C13H15NO3. The minimum atomic E-state index is -0.787. The summed E-state index contributed by atoms with van der Waals surface area (Å²) in [5.74, 6) is -1.20. The van der Waals surface area contributed by atoms with Gasteiger partial charge in [-0.05, 0) is 12.1 Å². The summed E-state index contributed by atoms with van der Waals surface area (Å²) < 4.78 is 5.42. The van der Waals surface area contributed by atoms with Gasteiger partial charge in [0, 0.05) is 19.0 Å². The first-order chi connectivity index (χ1) is 8.09. The number of para-hydroxylation sites is 1. The van der Waals surface area contributed by atoms with Crippen LogP contribution in [0.1, 0.15) is 6.92 Å². The highest BCUT2D eigenvalue weighted by Crippen LogP contribution is 2.28. The van der Waals surface area contributed by atoms with Crippen LogP contribution in [-0.4, -0.2) is 24.7 Å². The highest BCUT2D eigenvalue weighted by molar-refractivity contribution is 5.91. The molecule has 90 valence electrons. The van der Waals surface area contributed by atoms with Gasteiger partial charge in [-0.15, -0.1) is 0 Å². The van der Waals surface area contributed by atoms with Crippen LogP contribution < -0.4 is 4.90 Å². The van der Waals surface area contributed by atoms with Crippen molar-refractivity contribution in [3.8, 4) is 0 Å². The minimum absolute atomic E-state index is 0.409. The Morgan fingerprint density at radius 1 is 1.47 bits per heavy atom. The number of aliphatic carboxylic acids is 1. The first-order valence-corrected chi connectivity index (χ1v) is 5.49. The van der Waals surface area contributed by atoms with E-state index in [0.29, 0.717) is 6.54 Å². The average Bonchev–Trinajstić information content (AvgIpc) is 2.72. The maximum atomic E-state index is 10.8. The second-order valence-corrected chi connectivity index (χ2v) is 4.24. The Kier molecular flexibility index (Phi) is 3.04. The van der Waals surface area contributed by atoms with Crippen molar-refractivity contribution in [2.24, 2.45) is 5.92 Å². The molecule has 1 aromatic carbocycles. The van der Waals surface area contributed by atoms with Gasteiger partial charge in [-0.3, -0.25) is 4.79 Å². The lowest BCUT2D eigenvalue weighted by Gasteiger charge is -2.19. The summed E-state index contributed by atoms with van der Waals surface area (Å²) >= 11 is 0. The van der Waals surface area contributed by atoms with E-state index < -0.39 is 11.9 Å². The van der Waals surface area contributed by atoms with Crippen LogP contribution >= 0.6 is 0 Å². The Labute approximate surface area is 99.4 Å². The highest BCUT2D eigenvalue weighted by atomic mass is 16.4. The van der Waals surface area contributed by atoms with E-state index in [2.05, 4.69) is 0 Å². The molecule has 1 N–H and O–H groups in total. The molecule has 0 saturated carbocycles. The molecule has 0 aliphatic heterocycles. The quantitative estimate of drug-likeness (QED) is 0.881. The van der Waals surface area contributed by atoms with Gasteiger partial charge >= 0.3 is 5.97 Å². The van der Waals surface area contributed by atoms with Gasteiger partial charge in [-0.1, -0.05) is 19.1 Å². The van der Waals surface area contributed by atoms with E-state index in [9.17, 15) is 4.79 Å². The number of carbonyl (C=O) groups is 1. The summed E-state index contributed by atoms with van der Waals surface area (Å²) in [5.41, 5.74) is 1.74. The number of anilines is 1. The maximum absolute atomic E-state index is 10.8. The number of hydrogen-bond acceptors (Lipinski definition) is 3. The highest BCUT2D eigenvalue weighted by Gasteiger charge is 2.16. The van der Waals surface area contributed by atoms with Crippen LogP contribution in [0.15, 0.2) is 34.9 Å². The fraction of sp³-hybridized carbons (Fsp3) is 0.308. The van der Waals surface area contributed by atoms with Crippen LogP contribution in [0, 0.1) is 5.92 Å². The predicted molar refractivity (Wildman–Crippen MR) is 66.3 cm³/mol. The molecular weight excluding hydrogens is 218 g/mol. The Bertz CT molecular complexity index is 532. The molecule has 1 atom stereocenters. The molecule has 1 heterocycles. The normalized spacial score (nSPS) is 12.6. The van der Waals surface area contributed by atoms with E-state index in [1.807, 2.05) is 36.2 Å². The van der Waals surface area contributed by atoms with Crippen molar-refractivity contribution in [1.29, 1.82) is 0 Å². The Morgan fingerprint density at radius 2 is 2.18 bits per heavy atom. The lowest BCUT2D eigenvalue weighted by atomic mass is 10.1. The van der Waals surface area contributed by atoms with Gasteiger partial charge in [-0.2, -0.15) is 0 Å². The van der Waals surface area contributed by atoms with Gasteiger partial charge in [-0.25, -0.2) is 0 Å². The fourth-order valence-electron chi connectivity index (χ4n) is 1.85. The van der Waals surface area contributed by atoms with Gasteiger partial charge in [0.1, 0.15) is 11.8 Å². The molecule has 0 radical (unpaired) electrons. The van der Waals surface area contributed by atoms with Crippen molar-refractivity contribution in [1.82, 2.24) is 0 Å². The lowest BCUT2D eigenvalue weighted by Crippen LogP contribution is -2.28. The largest absolute Gasteiger partial charge is 0.481 e. The number of nitrogens with zero attached hydrogens (tertiary/aromatic N) is 1. The number of carboxylic acids is 1. The summed E-state index contributed by atoms with van der Waals surface area (Å²) in [6, 6.07) is 7.72. The molecule has 0 saturated heterocycles. The van der Waals surface area contributed by atoms with Crippen molar-refractivity contribution < 1.29 is 14.3 Å². The van der Waals surface area contributed by atoms with Crippen LogP contribution in [0.5, 0.6) is 0 Å². The minimum Gasteiger partial charge on any atom is -0.481 e. The Balaban J connectivity index is 2.25. The topological polar surface area (TPSA) is 53.7 Å². The predicted octanol–water partition coefficient (Wildman–Crippen LogP) is 2.59. The smallest absolute Gasteiger partial charge is 0.308 e. The molecule has 4 heteroatoms. The van der Waals surface area contributed by atoms with Gasteiger partial charge in [0.2, 0.25) is 0 Å². The molecule has 2 aromatic rings. The molecule has 0 fully saturated rings. The average molecular weight is 233 g/mol. The number of carboxylic acid groups (broad SMARTS) is 1. The van der Waals surface area contributed by atoms with E-state index in [-0.39, 0.29) is 0 Å². The second-order valence-electron chi connectivity index (χ2n) is 4.24. The molecule has 0 bridgehead atoms. The molecule has 17 heavy (non-hydrogen) atoms. The molecule has 0 spiro atoms. The molecule has 0 amide bonds. The molecule has 0 aliphatic carbocycles. The van der Waals surface area contributed by atoms with Crippen molar-refractivity contribution >= 4 is 22.6 Å². The zero-order valence-corrected chi connectivity index (χ0v) is 9.88. The van der Waals surface area contributed by atoms with E-state index in [0.717, 1.165) is 16.7 Å². The number of rotatable bonds is 4. The van der Waals surface area contributed by atoms with Gasteiger partial charge in [0.15, 0.2) is 0 Å². The number of benzene rings is 1. The summed E-state index contributed by atoms with van der Waals surface area (Å²) in [5, 5.41) is 9.90. The molecule has 2 rings (SSSR count). The van der Waals surface area contributed by atoms with Crippen molar-refractivity contribution in [3.05, 3.63) is 30.5 Å². The van der Waals surface area contributed by atoms with Crippen LogP contribution in [0.4, 0.5) is 5.69 Å². The van der Waals surface area contributed by atoms with Crippen LogP contribution in [0.25, 0.3) is 11.0 Å². The van der Waals surface area contributed by atoms with Crippen LogP contribution in [-0.2, 0) is 4.79 Å². The lowest BCUT2D eigenvalue weighted by molar-refractivity contribution is -0.140. The first kappa shape index (κ1) is 11.5. The fourth-order valence-corrected chi connectivity index (χ4v) is 1.85.